The van der Waals surface area contributed by atoms with Crippen molar-refractivity contribution < 1.29 is 9.18 Å². The van der Waals surface area contributed by atoms with Crippen LogP contribution in [0, 0.1) is 5.82 Å². The summed E-state index contributed by atoms with van der Waals surface area (Å²) in [5.41, 5.74) is 1.84. The van der Waals surface area contributed by atoms with E-state index in [4.69, 9.17) is 0 Å². The van der Waals surface area contributed by atoms with Crippen molar-refractivity contribution >= 4 is 33.4 Å². The number of rotatable bonds is 4. The number of hydrogen-bond donors (Lipinski definition) is 1. The van der Waals surface area contributed by atoms with Gasteiger partial charge in [0.25, 0.3) is 5.91 Å². The van der Waals surface area contributed by atoms with E-state index in [2.05, 4.69) is 20.3 Å². The molecule has 4 rings (SSSR count). The maximum atomic E-state index is 13.2. The predicted molar refractivity (Wildman–Crippen MR) is 101 cm³/mol. The number of thiophene rings is 1. The summed E-state index contributed by atoms with van der Waals surface area (Å²) in [5.74, 6) is -0.0993. The molecule has 0 atom stereocenters. The molecule has 1 aliphatic rings. The number of carbonyl (C=O) groups is 1. The maximum Gasteiger partial charge on any atom is 0.274 e. The van der Waals surface area contributed by atoms with E-state index in [1.54, 1.807) is 11.1 Å². The smallest absolute Gasteiger partial charge is 0.274 e. The minimum Gasteiger partial charge on any atom is -0.350 e. The fraction of sp³-hybridized carbons (Fsp3) is 0.333. The minimum absolute atomic E-state index is 0.0634. The monoisotopic (exact) mass is 373 g/mol. The quantitative estimate of drug-likeness (QED) is 0.755. The van der Waals surface area contributed by atoms with Crippen molar-refractivity contribution in [3.8, 4) is 0 Å². The maximum absolute atomic E-state index is 13.2. The molecule has 1 amide bonds. The van der Waals surface area contributed by atoms with Crippen LogP contribution in [-0.2, 0) is 6.54 Å². The molecule has 8 heteroatoms. The first kappa shape index (κ1) is 18.2. The van der Waals surface area contributed by atoms with E-state index in [1.165, 1.54) is 17.4 Å². The summed E-state index contributed by atoms with van der Waals surface area (Å²) < 4.78 is 14.0. The number of amides is 1. The van der Waals surface area contributed by atoms with Gasteiger partial charge >= 0.3 is 0 Å². The zero-order valence-corrected chi connectivity index (χ0v) is 15.5. The summed E-state index contributed by atoms with van der Waals surface area (Å²) >= 11 is 1.46. The molecule has 0 radical (unpaired) electrons. The van der Waals surface area contributed by atoms with E-state index < -0.39 is 5.82 Å². The molecule has 0 saturated carbocycles. The van der Waals surface area contributed by atoms with Crippen molar-refractivity contribution in [2.24, 2.45) is 0 Å². The van der Waals surface area contributed by atoms with Gasteiger partial charge in [-0.1, -0.05) is 13.8 Å². The third-order valence-corrected chi connectivity index (χ3v) is 4.77. The molecular formula is C18H20FN5OS. The number of anilines is 1. The predicted octanol–water partition coefficient (Wildman–Crippen LogP) is 3.71. The highest BCUT2D eigenvalue weighted by Crippen LogP contribution is 2.26. The fourth-order valence-corrected chi connectivity index (χ4v) is 3.30. The Morgan fingerprint density at radius 2 is 2.12 bits per heavy atom. The second-order valence-electron chi connectivity index (χ2n) is 5.54. The number of nitrogens with one attached hydrogen (secondary N) is 1. The van der Waals surface area contributed by atoms with Crippen molar-refractivity contribution in [2.45, 2.75) is 26.8 Å². The van der Waals surface area contributed by atoms with Crippen LogP contribution in [0.3, 0.4) is 0 Å². The van der Waals surface area contributed by atoms with Gasteiger partial charge in [0, 0.05) is 25.8 Å². The zero-order chi connectivity index (χ0) is 18.5. The largest absolute Gasteiger partial charge is 0.350 e. The Bertz CT molecular complexity index is 909. The number of likely N-dealkylation sites (tertiary alicyclic amines) is 1. The van der Waals surface area contributed by atoms with Gasteiger partial charge in [-0.25, -0.2) is 14.4 Å². The molecule has 0 aromatic carbocycles. The summed E-state index contributed by atoms with van der Waals surface area (Å²) in [4.78, 5) is 27.0. The van der Waals surface area contributed by atoms with Crippen molar-refractivity contribution in [1.82, 2.24) is 19.9 Å². The van der Waals surface area contributed by atoms with E-state index in [-0.39, 0.29) is 5.91 Å². The van der Waals surface area contributed by atoms with Gasteiger partial charge in [0.1, 0.15) is 5.82 Å². The first-order valence-electron chi connectivity index (χ1n) is 8.58. The van der Waals surface area contributed by atoms with Crippen molar-refractivity contribution in [3.05, 3.63) is 47.0 Å². The summed E-state index contributed by atoms with van der Waals surface area (Å²) in [6.07, 6.45) is 3.76. The average molecular weight is 373 g/mol. The van der Waals surface area contributed by atoms with E-state index in [0.29, 0.717) is 23.8 Å². The van der Waals surface area contributed by atoms with Crippen LogP contribution < -0.4 is 5.32 Å². The Morgan fingerprint density at radius 3 is 2.81 bits per heavy atom. The Balaban J connectivity index is 0.000000948. The molecule has 0 aliphatic carbocycles. The number of nitrogens with zero attached hydrogens (tertiary/aromatic N) is 4. The Hall–Kier alpha value is -2.61. The van der Waals surface area contributed by atoms with Gasteiger partial charge in [0.05, 0.1) is 16.4 Å². The third kappa shape index (κ3) is 3.80. The lowest BCUT2D eigenvalue weighted by atomic mass is 10.2. The molecule has 0 unspecified atom stereocenters. The lowest BCUT2D eigenvalue weighted by Gasteiger charge is -2.30. The third-order valence-electron chi connectivity index (χ3n) is 3.86. The van der Waals surface area contributed by atoms with Crippen LogP contribution in [0.5, 0.6) is 0 Å². The first-order chi connectivity index (χ1) is 12.7. The van der Waals surface area contributed by atoms with Gasteiger partial charge in [-0.2, -0.15) is 0 Å². The van der Waals surface area contributed by atoms with Gasteiger partial charge in [-0.15, -0.1) is 11.3 Å². The molecule has 0 spiro atoms. The highest BCUT2D eigenvalue weighted by molar-refractivity contribution is 7.17. The van der Waals surface area contributed by atoms with Crippen LogP contribution in [0.2, 0.25) is 0 Å². The van der Waals surface area contributed by atoms with Crippen molar-refractivity contribution in [3.63, 3.8) is 0 Å². The van der Waals surface area contributed by atoms with Gasteiger partial charge in [-0.05, 0) is 29.5 Å². The first-order valence-corrected chi connectivity index (χ1v) is 9.46. The van der Waals surface area contributed by atoms with Crippen LogP contribution in [0.1, 0.15) is 36.3 Å². The molecule has 0 bridgehead atoms. The molecular weight excluding hydrogens is 353 g/mol. The number of hydrogen-bond acceptors (Lipinski definition) is 6. The average Bonchev–Trinajstić information content (AvgIpc) is 3.08. The summed E-state index contributed by atoms with van der Waals surface area (Å²) in [6.45, 7) is 5.87. The molecule has 1 aliphatic heterocycles. The number of carbonyl (C=O) groups excluding carboxylic acids is 1. The summed E-state index contributed by atoms with van der Waals surface area (Å²) in [6, 6.07) is 3.26. The van der Waals surface area contributed by atoms with Crippen LogP contribution in [-0.4, -0.2) is 38.8 Å². The molecule has 6 nitrogen and oxygen atoms in total. The SMILES string of the molecule is CC.O=C(c1nc(NCc2cncc(F)c2)nc2ccsc12)N1CCC1. The second kappa shape index (κ2) is 8.18. The molecule has 3 aromatic heterocycles. The number of halogens is 1. The van der Waals surface area contributed by atoms with Crippen LogP contribution >= 0.6 is 11.3 Å². The Morgan fingerprint density at radius 1 is 1.31 bits per heavy atom. The van der Waals surface area contributed by atoms with E-state index >= 15 is 0 Å². The lowest BCUT2D eigenvalue weighted by Crippen LogP contribution is -2.42. The van der Waals surface area contributed by atoms with Crippen LogP contribution in [0.15, 0.2) is 29.9 Å². The van der Waals surface area contributed by atoms with Gasteiger partial charge < -0.3 is 10.2 Å². The van der Waals surface area contributed by atoms with E-state index in [0.717, 1.165) is 35.9 Å². The normalized spacial score (nSPS) is 13.0. The Kier molecular flexibility index (Phi) is 5.72. The molecule has 136 valence electrons. The van der Waals surface area contributed by atoms with Crippen molar-refractivity contribution in [2.75, 3.05) is 18.4 Å². The topological polar surface area (TPSA) is 71.0 Å². The Labute approximate surface area is 155 Å². The zero-order valence-electron chi connectivity index (χ0n) is 14.7. The molecule has 3 aromatic rings. The van der Waals surface area contributed by atoms with Crippen molar-refractivity contribution in [1.29, 1.82) is 0 Å². The second-order valence-corrected chi connectivity index (χ2v) is 6.46. The van der Waals surface area contributed by atoms with E-state index in [9.17, 15) is 9.18 Å². The number of pyridine rings is 1. The van der Waals surface area contributed by atoms with Crippen LogP contribution in [0.4, 0.5) is 10.3 Å². The molecule has 1 N–H and O–H groups in total. The molecule has 1 saturated heterocycles. The summed E-state index contributed by atoms with van der Waals surface area (Å²) in [5, 5.41) is 4.94. The lowest BCUT2D eigenvalue weighted by molar-refractivity contribution is 0.0648. The fourth-order valence-electron chi connectivity index (χ4n) is 2.49. The number of fused-ring (bicyclic) bond motifs is 1. The van der Waals surface area contributed by atoms with Crippen LogP contribution in [0.25, 0.3) is 10.2 Å². The van der Waals surface area contributed by atoms with Gasteiger partial charge in [-0.3, -0.25) is 9.78 Å². The minimum atomic E-state index is -0.392. The highest BCUT2D eigenvalue weighted by Gasteiger charge is 2.25. The van der Waals surface area contributed by atoms with Gasteiger partial charge in [0.2, 0.25) is 5.95 Å². The van der Waals surface area contributed by atoms with E-state index in [1.807, 2.05) is 25.3 Å². The number of aromatic nitrogens is 3. The molecule has 1 fully saturated rings. The molecule has 4 heterocycles. The molecule has 26 heavy (non-hydrogen) atoms. The highest BCUT2D eigenvalue weighted by atomic mass is 32.1. The van der Waals surface area contributed by atoms with Gasteiger partial charge in [0.15, 0.2) is 5.69 Å². The summed E-state index contributed by atoms with van der Waals surface area (Å²) in [7, 11) is 0. The standard InChI is InChI=1S/C16H14FN5OS.C2H6/c17-11-6-10(7-18-9-11)8-19-16-20-12-2-5-24-14(12)13(21-16)15(23)22-3-1-4-22;1-2/h2,5-7,9H,1,3-4,8H2,(H,19,20,21);1-2H3.